The van der Waals surface area contributed by atoms with E-state index >= 15 is 0 Å². The summed E-state index contributed by atoms with van der Waals surface area (Å²) in [6.07, 6.45) is 0. The van der Waals surface area contributed by atoms with Crippen LogP contribution in [0.1, 0.15) is 10.4 Å². The van der Waals surface area contributed by atoms with Crippen molar-refractivity contribution in [1.82, 2.24) is 0 Å². The number of nitrogens with two attached hydrogens (primary N) is 1. The number of phenols is 1. The molecule has 0 amide bonds. The number of hydrazine groups is 1. The maximum Gasteiger partial charge on any atom is 0.335 e. The van der Waals surface area contributed by atoms with Crippen molar-refractivity contribution >= 4 is 43.3 Å². The molecule has 30 heavy (non-hydrogen) atoms. The average Bonchev–Trinajstić information content (AvgIpc) is 2.72. The number of nitrogens with one attached hydrogen (secondary N) is 1. The van der Waals surface area contributed by atoms with Crippen LogP contribution in [0.5, 0.6) is 5.75 Å². The molecule has 0 aliphatic carbocycles. The number of aromatic carboxylic acids is 1. The third-order valence-electron chi connectivity index (χ3n) is 4.40. The number of carboxylic acid groups (broad SMARTS) is 1. The van der Waals surface area contributed by atoms with Gasteiger partial charge in [-0.1, -0.05) is 54.6 Å². The Kier molecular flexibility index (Phi) is 5.88. The Hall–Kier alpha value is -3.66. The molecule has 0 aromatic heterocycles. The van der Waals surface area contributed by atoms with E-state index in [1.165, 1.54) is 12.1 Å². The first-order valence-electron chi connectivity index (χ1n) is 8.63. The number of benzene rings is 4. The quantitative estimate of drug-likeness (QED) is 0.144. The van der Waals surface area contributed by atoms with E-state index in [1.54, 1.807) is 24.3 Å². The molecule has 8 nitrogen and oxygen atoms in total. The average molecular weight is 426 g/mol. The minimum atomic E-state index is -4.45. The monoisotopic (exact) mass is 426 g/mol. The number of anilines is 1. The van der Waals surface area contributed by atoms with Crippen molar-refractivity contribution < 1.29 is 28.0 Å². The van der Waals surface area contributed by atoms with E-state index in [2.05, 4.69) is 5.43 Å². The van der Waals surface area contributed by atoms with E-state index < -0.39 is 21.0 Å². The molecule has 0 atom stereocenters. The molecule has 0 unspecified atom stereocenters. The minimum absolute atomic E-state index is 0.168. The Morgan fingerprint density at radius 3 is 2.07 bits per heavy atom. The van der Waals surface area contributed by atoms with Crippen LogP contribution in [0.2, 0.25) is 0 Å². The van der Waals surface area contributed by atoms with Gasteiger partial charge >= 0.3 is 5.97 Å². The van der Waals surface area contributed by atoms with Crippen LogP contribution in [-0.4, -0.2) is 29.2 Å². The Balaban J connectivity index is 0.000000177. The van der Waals surface area contributed by atoms with E-state index in [1.807, 2.05) is 30.3 Å². The van der Waals surface area contributed by atoms with Crippen molar-refractivity contribution in [1.29, 1.82) is 0 Å². The highest BCUT2D eigenvalue weighted by Gasteiger charge is 2.17. The maximum atomic E-state index is 11.2. The Labute approximate surface area is 171 Å². The van der Waals surface area contributed by atoms with Crippen molar-refractivity contribution in [2.45, 2.75) is 4.90 Å². The SMILES string of the molecule is NNc1c(O)ccc2ccccc12.O=C(O)c1cc(S(=O)(=O)O)c2ccccc2c1. The van der Waals surface area contributed by atoms with Crippen molar-refractivity contribution in [2.24, 2.45) is 5.84 Å². The van der Waals surface area contributed by atoms with Gasteiger partial charge in [0.05, 0.1) is 11.3 Å². The molecule has 4 rings (SSSR count). The maximum absolute atomic E-state index is 11.2. The molecule has 0 spiro atoms. The van der Waals surface area contributed by atoms with Gasteiger partial charge in [-0.2, -0.15) is 8.42 Å². The fraction of sp³-hybridized carbons (Fsp3) is 0. The molecule has 0 saturated carbocycles. The number of carbonyl (C=O) groups is 1. The first-order valence-corrected chi connectivity index (χ1v) is 10.1. The number of aromatic hydroxyl groups is 1. The largest absolute Gasteiger partial charge is 0.506 e. The van der Waals surface area contributed by atoms with Gasteiger partial charge in [-0.25, -0.2) is 4.79 Å². The lowest BCUT2D eigenvalue weighted by Gasteiger charge is -2.07. The fourth-order valence-corrected chi connectivity index (χ4v) is 3.76. The zero-order valence-electron chi connectivity index (χ0n) is 15.5. The van der Waals surface area contributed by atoms with Crippen LogP contribution >= 0.6 is 0 Å². The summed E-state index contributed by atoms with van der Waals surface area (Å²) in [5.74, 6) is 4.23. The highest BCUT2D eigenvalue weighted by atomic mass is 32.2. The molecule has 0 bridgehead atoms. The number of fused-ring (bicyclic) bond motifs is 2. The third-order valence-corrected chi connectivity index (χ3v) is 5.29. The summed E-state index contributed by atoms with van der Waals surface area (Å²) in [5, 5.41) is 21.0. The van der Waals surface area contributed by atoms with Crippen LogP contribution < -0.4 is 11.3 Å². The van der Waals surface area contributed by atoms with Crippen LogP contribution in [0, 0.1) is 0 Å². The predicted octanol–water partition coefficient (Wildman–Crippen LogP) is 3.62. The first kappa shape index (κ1) is 21.1. The second-order valence-corrected chi connectivity index (χ2v) is 7.69. The van der Waals surface area contributed by atoms with Crippen LogP contribution in [0.3, 0.4) is 0 Å². The zero-order chi connectivity index (χ0) is 21.9. The minimum Gasteiger partial charge on any atom is -0.506 e. The Bertz CT molecular complexity index is 1350. The summed E-state index contributed by atoms with van der Waals surface area (Å²) in [4.78, 5) is 10.5. The summed E-state index contributed by atoms with van der Waals surface area (Å²) < 4.78 is 31.4. The van der Waals surface area contributed by atoms with E-state index in [9.17, 15) is 18.3 Å². The van der Waals surface area contributed by atoms with Gasteiger partial charge < -0.3 is 15.6 Å². The zero-order valence-corrected chi connectivity index (χ0v) is 16.3. The van der Waals surface area contributed by atoms with E-state index in [-0.39, 0.29) is 11.3 Å². The second-order valence-electron chi connectivity index (χ2n) is 6.30. The van der Waals surface area contributed by atoms with E-state index in [0.29, 0.717) is 16.5 Å². The van der Waals surface area contributed by atoms with Crippen molar-refractivity contribution in [3.05, 3.63) is 78.4 Å². The lowest BCUT2D eigenvalue weighted by molar-refractivity contribution is 0.0697. The van der Waals surface area contributed by atoms with Crippen LogP contribution in [-0.2, 0) is 10.1 Å². The number of rotatable bonds is 3. The summed E-state index contributed by atoms with van der Waals surface area (Å²) in [7, 11) is -4.45. The number of carboxylic acids is 1. The normalized spacial score (nSPS) is 11.0. The molecule has 0 saturated heterocycles. The van der Waals surface area contributed by atoms with Crippen LogP contribution in [0.25, 0.3) is 21.5 Å². The molecular weight excluding hydrogens is 408 g/mol. The molecule has 0 fully saturated rings. The molecule has 6 N–H and O–H groups in total. The van der Waals surface area contributed by atoms with Gasteiger partial charge in [0.1, 0.15) is 10.6 Å². The lowest BCUT2D eigenvalue weighted by atomic mass is 10.1. The molecule has 4 aromatic rings. The third kappa shape index (κ3) is 4.33. The molecule has 0 aliphatic rings. The smallest absolute Gasteiger partial charge is 0.335 e. The van der Waals surface area contributed by atoms with Gasteiger partial charge in [0.15, 0.2) is 0 Å². The van der Waals surface area contributed by atoms with Gasteiger partial charge in [0.25, 0.3) is 10.1 Å². The summed E-state index contributed by atoms with van der Waals surface area (Å²) in [5.41, 5.74) is 2.87. The highest BCUT2D eigenvalue weighted by Crippen LogP contribution is 2.31. The molecule has 9 heteroatoms. The molecule has 0 radical (unpaired) electrons. The Morgan fingerprint density at radius 1 is 0.867 bits per heavy atom. The van der Waals surface area contributed by atoms with E-state index in [4.69, 9.17) is 15.5 Å². The molecule has 0 aliphatic heterocycles. The van der Waals surface area contributed by atoms with Crippen LogP contribution in [0.15, 0.2) is 77.7 Å². The summed E-state index contributed by atoms with van der Waals surface area (Å²) >= 11 is 0. The molecular formula is C21H18N2O6S. The van der Waals surface area contributed by atoms with Gasteiger partial charge in [0.2, 0.25) is 0 Å². The predicted molar refractivity (Wildman–Crippen MR) is 114 cm³/mol. The second kappa shape index (κ2) is 8.37. The van der Waals surface area contributed by atoms with Crippen molar-refractivity contribution in [3.63, 3.8) is 0 Å². The fourth-order valence-electron chi connectivity index (χ4n) is 3.02. The molecule has 154 valence electrons. The molecule has 0 heterocycles. The number of hydrogen-bond donors (Lipinski definition) is 5. The van der Waals surface area contributed by atoms with Gasteiger partial charge in [0, 0.05) is 10.8 Å². The number of phenolic OH excluding ortho intramolecular Hbond substituents is 1. The standard InChI is InChI=1S/C11H8O5S.C10H10N2O/c12-11(13)8-5-7-3-1-2-4-9(7)10(6-8)17(14,15)16;11-12-10-8-4-2-1-3-7(8)5-6-9(10)13/h1-6H,(H,12,13)(H,14,15,16);1-6,12-13H,11H2. The van der Waals surface area contributed by atoms with Crippen LogP contribution in [0.4, 0.5) is 5.69 Å². The Morgan fingerprint density at radius 2 is 1.47 bits per heavy atom. The lowest BCUT2D eigenvalue weighted by Crippen LogP contribution is -2.07. The summed E-state index contributed by atoms with van der Waals surface area (Å²) in [6.45, 7) is 0. The van der Waals surface area contributed by atoms with Gasteiger partial charge in [-0.3, -0.25) is 10.4 Å². The highest BCUT2D eigenvalue weighted by molar-refractivity contribution is 7.86. The van der Waals surface area contributed by atoms with Crippen molar-refractivity contribution in [2.75, 3.05) is 5.43 Å². The summed E-state index contributed by atoms with van der Waals surface area (Å²) in [6, 6.07) is 19.8. The molecule has 4 aromatic carbocycles. The van der Waals surface area contributed by atoms with E-state index in [0.717, 1.165) is 16.8 Å². The number of hydrogen-bond acceptors (Lipinski definition) is 6. The van der Waals surface area contributed by atoms with Gasteiger partial charge in [-0.05, 0) is 29.0 Å². The van der Waals surface area contributed by atoms with Crippen molar-refractivity contribution in [3.8, 4) is 5.75 Å². The van der Waals surface area contributed by atoms with Gasteiger partial charge in [-0.15, -0.1) is 0 Å². The number of nitrogen functional groups attached to an aromatic ring is 1. The topological polar surface area (TPSA) is 150 Å². The first-order chi connectivity index (χ1) is 14.2.